The Bertz CT molecular complexity index is 726. The summed E-state index contributed by atoms with van der Waals surface area (Å²) in [4.78, 5) is 16.9. The number of H-pyrrole nitrogens is 1. The molecule has 1 aromatic carbocycles. The van der Waals surface area contributed by atoms with Gasteiger partial charge in [0.2, 0.25) is 0 Å². The molecule has 0 bridgehead atoms. The van der Waals surface area contributed by atoms with Gasteiger partial charge >= 0.3 is 0 Å². The lowest BCUT2D eigenvalue weighted by atomic mass is 10.2. The summed E-state index contributed by atoms with van der Waals surface area (Å²) in [6.45, 7) is 0. The SMILES string of the molecule is N#CCSc1cccc(-c2nc3nccnc3[nH]2)c1. The van der Waals surface area contributed by atoms with Crippen molar-refractivity contribution in [2.45, 2.75) is 4.90 Å². The lowest BCUT2D eigenvalue weighted by Gasteiger charge is -2.00. The number of imidazole rings is 1. The molecule has 0 unspecified atom stereocenters. The van der Waals surface area contributed by atoms with Crippen LogP contribution in [0.4, 0.5) is 0 Å². The minimum absolute atomic E-state index is 0.437. The van der Waals surface area contributed by atoms with Crippen LogP contribution in [-0.4, -0.2) is 25.7 Å². The summed E-state index contributed by atoms with van der Waals surface area (Å²) in [6, 6.07) is 10.0. The number of fused-ring (bicyclic) bond motifs is 1. The number of aromatic nitrogens is 4. The molecule has 92 valence electrons. The second-order valence-electron chi connectivity index (χ2n) is 3.79. The summed E-state index contributed by atoms with van der Waals surface area (Å²) < 4.78 is 0. The van der Waals surface area contributed by atoms with Crippen LogP contribution in [0.1, 0.15) is 0 Å². The highest BCUT2D eigenvalue weighted by molar-refractivity contribution is 7.99. The summed E-state index contributed by atoms with van der Waals surface area (Å²) in [6.07, 6.45) is 3.25. The van der Waals surface area contributed by atoms with Crippen LogP contribution in [0, 0.1) is 11.3 Å². The zero-order valence-corrected chi connectivity index (χ0v) is 10.7. The van der Waals surface area contributed by atoms with E-state index in [1.165, 1.54) is 11.8 Å². The van der Waals surface area contributed by atoms with E-state index in [2.05, 4.69) is 26.0 Å². The maximum Gasteiger partial charge on any atom is 0.197 e. The molecule has 0 spiro atoms. The van der Waals surface area contributed by atoms with Crippen LogP contribution >= 0.6 is 11.8 Å². The van der Waals surface area contributed by atoms with Crippen LogP contribution < -0.4 is 0 Å². The van der Waals surface area contributed by atoms with Crippen LogP contribution in [0.3, 0.4) is 0 Å². The minimum Gasteiger partial charge on any atom is -0.321 e. The maximum absolute atomic E-state index is 8.60. The first-order valence-electron chi connectivity index (χ1n) is 5.64. The second-order valence-corrected chi connectivity index (χ2v) is 4.84. The normalized spacial score (nSPS) is 10.5. The van der Waals surface area contributed by atoms with Crippen molar-refractivity contribution < 1.29 is 0 Å². The molecule has 2 aromatic heterocycles. The van der Waals surface area contributed by atoms with Crippen molar-refractivity contribution in [1.82, 2.24) is 19.9 Å². The van der Waals surface area contributed by atoms with E-state index in [-0.39, 0.29) is 0 Å². The Hall–Kier alpha value is -2.39. The van der Waals surface area contributed by atoms with Crippen molar-refractivity contribution in [1.29, 1.82) is 5.26 Å². The monoisotopic (exact) mass is 267 g/mol. The zero-order chi connectivity index (χ0) is 13.1. The fourth-order valence-corrected chi connectivity index (χ4v) is 2.35. The van der Waals surface area contributed by atoms with Gasteiger partial charge in [0.05, 0.1) is 11.8 Å². The van der Waals surface area contributed by atoms with E-state index >= 15 is 0 Å². The van der Waals surface area contributed by atoms with Crippen molar-refractivity contribution in [3.8, 4) is 17.5 Å². The summed E-state index contributed by atoms with van der Waals surface area (Å²) in [7, 11) is 0. The fraction of sp³-hybridized carbons (Fsp3) is 0.0769. The Morgan fingerprint density at radius 3 is 3.00 bits per heavy atom. The molecule has 0 amide bonds. The Kier molecular flexibility index (Phi) is 3.12. The van der Waals surface area contributed by atoms with Crippen molar-refractivity contribution >= 4 is 23.1 Å². The molecule has 0 aliphatic rings. The smallest absolute Gasteiger partial charge is 0.197 e. The molecule has 0 radical (unpaired) electrons. The molecule has 0 aliphatic heterocycles. The standard InChI is InChI=1S/C13H9N5S/c14-4-7-19-10-3-1-2-9(8-10)11-17-12-13(18-11)16-6-5-15-12/h1-3,5-6,8H,7H2,(H,15,16,17,18). The van der Waals surface area contributed by atoms with Crippen molar-refractivity contribution in [2.75, 3.05) is 5.75 Å². The number of hydrogen-bond acceptors (Lipinski definition) is 5. The van der Waals surface area contributed by atoms with Gasteiger partial charge < -0.3 is 4.98 Å². The molecule has 0 saturated carbocycles. The summed E-state index contributed by atoms with van der Waals surface area (Å²) in [5.41, 5.74) is 2.24. The number of nitriles is 1. The van der Waals surface area contributed by atoms with Gasteiger partial charge in [0.25, 0.3) is 0 Å². The highest BCUT2D eigenvalue weighted by atomic mass is 32.2. The summed E-state index contributed by atoms with van der Waals surface area (Å²) >= 11 is 1.50. The van der Waals surface area contributed by atoms with Gasteiger partial charge in [0.15, 0.2) is 11.3 Å². The second kappa shape index (κ2) is 5.08. The third kappa shape index (κ3) is 2.41. The Morgan fingerprint density at radius 1 is 1.26 bits per heavy atom. The van der Waals surface area contributed by atoms with Crippen molar-refractivity contribution in [2.24, 2.45) is 0 Å². The van der Waals surface area contributed by atoms with Gasteiger partial charge in [-0.2, -0.15) is 5.26 Å². The average Bonchev–Trinajstić information content (AvgIpc) is 2.89. The van der Waals surface area contributed by atoms with E-state index in [0.717, 1.165) is 16.3 Å². The van der Waals surface area contributed by atoms with Gasteiger partial charge in [-0.25, -0.2) is 15.0 Å². The molecule has 0 atom stereocenters. The van der Waals surface area contributed by atoms with Gasteiger partial charge in [-0.15, -0.1) is 11.8 Å². The highest BCUT2D eigenvalue weighted by Crippen LogP contribution is 2.24. The van der Waals surface area contributed by atoms with E-state index in [1.807, 2.05) is 24.3 Å². The topological polar surface area (TPSA) is 78.2 Å². The first kappa shape index (κ1) is 11.7. The molecule has 3 aromatic rings. The van der Waals surface area contributed by atoms with Gasteiger partial charge in [-0.05, 0) is 12.1 Å². The molecule has 19 heavy (non-hydrogen) atoms. The van der Waals surface area contributed by atoms with E-state index in [9.17, 15) is 0 Å². The fourth-order valence-electron chi connectivity index (χ4n) is 1.73. The van der Waals surface area contributed by atoms with Gasteiger partial charge in [-0.3, -0.25) is 0 Å². The molecule has 0 aliphatic carbocycles. The predicted octanol–water partition coefficient (Wildman–Crippen LogP) is 2.64. The molecule has 0 fully saturated rings. The number of thioether (sulfide) groups is 1. The molecule has 1 N–H and O–H groups in total. The van der Waals surface area contributed by atoms with Gasteiger partial charge in [0, 0.05) is 22.9 Å². The van der Waals surface area contributed by atoms with Crippen molar-refractivity contribution in [3.63, 3.8) is 0 Å². The number of benzene rings is 1. The molecule has 5 nitrogen and oxygen atoms in total. The third-order valence-electron chi connectivity index (χ3n) is 2.54. The number of hydrogen-bond donors (Lipinski definition) is 1. The summed E-state index contributed by atoms with van der Waals surface area (Å²) in [5, 5.41) is 8.60. The zero-order valence-electron chi connectivity index (χ0n) is 9.87. The van der Waals surface area contributed by atoms with E-state index in [4.69, 9.17) is 5.26 Å². The average molecular weight is 267 g/mol. The number of rotatable bonds is 3. The molecule has 2 heterocycles. The molecular weight excluding hydrogens is 258 g/mol. The molecule has 6 heteroatoms. The molecular formula is C13H9N5S. The predicted molar refractivity (Wildman–Crippen MR) is 73.5 cm³/mol. The lowest BCUT2D eigenvalue weighted by molar-refractivity contribution is 1.26. The van der Waals surface area contributed by atoms with E-state index < -0.39 is 0 Å². The van der Waals surface area contributed by atoms with Crippen LogP contribution in [0.15, 0.2) is 41.6 Å². The molecule has 0 saturated heterocycles. The lowest BCUT2D eigenvalue weighted by Crippen LogP contribution is -1.82. The Labute approximate surface area is 113 Å². The minimum atomic E-state index is 0.437. The Morgan fingerprint density at radius 2 is 2.16 bits per heavy atom. The number of nitrogens with one attached hydrogen (secondary N) is 1. The number of aromatic amines is 1. The van der Waals surface area contributed by atoms with Gasteiger partial charge in [-0.1, -0.05) is 12.1 Å². The quantitative estimate of drug-likeness (QED) is 0.738. The van der Waals surface area contributed by atoms with Gasteiger partial charge in [0.1, 0.15) is 5.82 Å². The summed E-state index contributed by atoms with van der Waals surface area (Å²) in [5.74, 6) is 1.17. The largest absolute Gasteiger partial charge is 0.321 e. The highest BCUT2D eigenvalue weighted by Gasteiger charge is 2.07. The van der Waals surface area contributed by atoms with Crippen LogP contribution in [0.5, 0.6) is 0 Å². The molecule has 3 rings (SSSR count). The maximum atomic E-state index is 8.60. The van der Waals surface area contributed by atoms with Crippen LogP contribution in [0.25, 0.3) is 22.7 Å². The van der Waals surface area contributed by atoms with E-state index in [1.54, 1.807) is 12.4 Å². The first-order valence-corrected chi connectivity index (χ1v) is 6.62. The van der Waals surface area contributed by atoms with Crippen LogP contribution in [0.2, 0.25) is 0 Å². The van der Waals surface area contributed by atoms with Crippen molar-refractivity contribution in [3.05, 3.63) is 36.7 Å². The van der Waals surface area contributed by atoms with E-state index in [0.29, 0.717) is 17.0 Å². The third-order valence-corrected chi connectivity index (χ3v) is 3.40. The first-order chi connectivity index (χ1) is 9.36. The van der Waals surface area contributed by atoms with Crippen LogP contribution in [-0.2, 0) is 0 Å². The Balaban J connectivity index is 1.99. The number of nitrogens with zero attached hydrogens (tertiary/aromatic N) is 4.